The van der Waals surface area contributed by atoms with Gasteiger partial charge in [-0.1, -0.05) is 23.7 Å². The number of hydrogen-bond acceptors (Lipinski definition) is 5. The Morgan fingerprint density at radius 1 is 1.21 bits per heavy atom. The van der Waals surface area contributed by atoms with Crippen LogP contribution in [0.4, 0.5) is 0 Å². The number of esters is 1. The largest absolute Gasteiger partial charge is 0.482 e. The zero-order chi connectivity index (χ0) is 17.4. The number of carbonyl (C=O) groups is 2. The molecule has 6 nitrogen and oxygen atoms in total. The first-order chi connectivity index (χ1) is 11.6. The van der Waals surface area contributed by atoms with Gasteiger partial charge in [0.05, 0.1) is 31.4 Å². The second-order valence-electron chi connectivity index (χ2n) is 4.94. The van der Waals surface area contributed by atoms with Gasteiger partial charge in [-0.3, -0.25) is 9.59 Å². The van der Waals surface area contributed by atoms with Crippen LogP contribution in [0.2, 0.25) is 5.02 Å². The van der Waals surface area contributed by atoms with Crippen LogP contribution in [-0.2, 0) is 20.9 Å². The topological polar surface area (TPSA) is 69.0 Å². The maximum absolute atomic E-state index is 12.4. The number of para-hydroxylation sites is 1. The molecule has 0 atom stereocenters. The average Bonchev–Trinajstić information content (AvgIpc) is 3.10. The van der Waals surface area contributed by atoms with Gasteiger partial charge in [-0.25, -0.2) is 0 Å². The Morgan fingerprint density at radius 3 is 2.67 bits per heavy atom. The van der Waals surface area contributed by atoms with E-state index in [4.69, 9.17) is 20.8 Å². The van der Waals surface area contributed by atoms with E-state index >= 15 is 0 Å². The Bertz CT molecular complexity index is 671. The Balaban J connectivity index is 1.97. The number of hydrogen-bond donors (Lipinski definition) is 0. The molecule has 0 N–H and O–H groups in total. The number of methoxy groups -OCH3 is 1. The molecule has 0 spiro atoms. The van der Waals surface area contributed by atoms with E-state index in [2.05, 4.69) is 4.74 Å². The zero-order valence-electron chi connectivity index (χ0n) is 13.2. The van der Waals surface area contributed by atoms with Crippen LogP contribution in [0.3, 0.4) is 0 Å². The summed E-state index contributed by atoms with van der Waals surface area (Å²) in [4.78, 5) is 25.2. The number of amides is 1. The van der Waals surface area contributed by atoms with E-state index in [0.29, 0.717) is 16.5 Å². The number of ether oxygens (including phenoxy) is 2. The van der Waals surface area contributed by atoms with Gasteiger partial charge in [0.25, 0.3) is 5.91 Å². The first-order valence-corrected chi connectivity index (χ1v) is 7.72. The van der Waals surface area contributed by atoms with Crippen molar-refractivity contribution in [3.05, 3.63) is 53.4 Å². The highest BCUT2D eigenvalue weighted by Gasteiger charge is 2.18. The summed E-state index contributed by atoms with van der Waals surface area (Å²) in [5, 5.41) is 0.428. The van der Waals surface area contributed by atoms with Gasteiger partial charge in [0.2, 0.25) is 0 Å². The lowest BCUT2D eigenvalue weighted by Gasteiger charge is -2.21. The van der Waals surface area contributed by atoms with Crippen molar-refractivity contribution in [1.82, 2.24) is 4.90 Å². The Hall–Kier alpha value is -2.47. The van der Waals surface area contributed by atoms with Crippen molar-refractivity contribution in [3.8, 4) is 5.75 Å². The van der Waals surface area contributed by atoms with Crippen LogP contribution in [0.15, 0.2) is 47.1 Å². The number of rotatable bonds is 8. The van der Waals surface area contributed by atoms with Gasteiger partial charge < -0.3 is 18.8 Å². The van der Waals surface area contributed by atoms with E-state index < -0.39 is 0 Å². The summed E-state index contributed by atoms with van der Waals surface area (Å²) in [6, 6.07) is 10.4. The fourth-order valence-electron chi connectivity index (χ4n) is 2.00. The summed E-state index contributed by atoms with van der Waals surface area (Å²) in [7, 11) is 1.31. The molecule has 2 rings (SSSR count). The molecule has 0 radical (unpaired) electrons. The van der Waals surface area contributed by atoms with Gasteiger partial charge in [-0.15, -0.1) is 0 Å². The number of carbonyl (C=O) groups excluding carboxylic acids is 2. The SMILES string of the molecule is COC(=O)CCN(Cc1ccco1)C(=O)COc1ccccc1Cl. The summed E-state index contributed by atoms with van der Waals surface area (Å²) in [6.07, 6.45) is 1.62. The van der Waals surface area contributed by atoms with Gasteiger partial charge in [0.15, 0.2) is 6.61 Å². The first-order valence-electron chi connectivity index (χ1n) is 7.34. The molecule has 2 aromatic rings. The number of nitrogens with zero attached hydrogens (tertiary/aromatic N) is 1. The molecule has 0 aliphatic rings. The molecular weight excluding hydrogens is 334 g/mol. The fraction of sp³-hybridized carbons (Fsp3) is 0.294. The average molecular weight is 352 g/mol. The van der Waals surface area contributed by atoms with Crippen molar-refractivity contribution in [3.63, 3.8) is 0 Å². The fourth-order valence-corrected chi connectivity index (χ4v) is 2.19. The highest BCUT2D eigenvalue weighted by Crippen LogP contribution is 2.23. The molecular formula is C17H18ClNO5. The summed E-state index contributed by atoms with van der Waals surface area (Å²) in [5.74, 6) is 0.374. The van der Waals surface area contributed by atoms with Gasteiger partial charge in [-0.05, 0) is 24.3 Å². The van der Waals surface area contributed by atoms with Crippen LogP contribution in [0.5, 0.6) is 5.75 Å². The molecule has 1 heterocycles. The van der Waals surface area contributed by atoms with E-state index in [0.717, 1.165) is 0 Å². The van der Waals surface area contributed by atoms with Crippen LogP contribution in [0.25, 0.3) is 0 Å². The molecule has 7 heteroatoms. The van der Waals surface area contributed by atoms with E-state index in [1.807, 2.05) is 0 Å². The maximum Gasteiger partial charge on any atom is 0.307 e. The molecule has 0 bridgehead atoms. The highest BCUT2D eigenvalue weighted by molar-refractivity contribution is 6.32. The smallest absolute Gasteiger partial charge is 0.307 e. The van der Waals surface area contributed by atoms with Crippen LogP contribution in [-0.4, -0.2) is 37.0 Å². The molecule has 1 aromatic heterocycles. The Labute approximate surface area is 144 Å². The van der Waals surface area contributed by atoms with Gasteiger partial charge in [0, 0.05) is 6.54 Å². The summed E-state index contributed by atoms with van der Waals surface area (Å²) in [6.45, 7) is 0.262. The van der Waals surface area contributed by atoms with Crippen LogP contribution in [0, 0.1) is 0 Å². The molecule has 0 unspecified atom stereocenters. The van der Waals surface area contributed by atoms with E-state index in [9.17, 15) is 9.59 Å². The van der Waals surface area contributed by atoms with E-state index in [-0.39, 0.29) is 38.0 Å². The second kappa shape index (κ2) is 8.98. The van der Waals surface area contributed by atoms with Crippen molar-refractivity contribution in [1.29, 1.82) is 0 Å². The van der Waals surface area contributed by atoms with Gasteiger partial charge in [-0.2, -0.15) is 0 Å². The third-order valence-electron chi connectivity index (χ3n) is 3.28. The molecule has 128 valence electrons. The molecule has 0 aliphatic heterocycles. The Morgan fingerprint density at radius 2 is 2.00 bits per heavy atom. The normalized spacial score (nSPS) is 10.2. The van der Waals surface area contributed by atoms with E-state index in [1.165, 1.54) is 18.3 Å². The lowest BCUT2D eigenvalue weighted by Crippen LogP contribution is -2.36. The predicted octanol–water partition coefficient (Wildman–Crippen LogP) is 2.90. The zero-order valence-corrected chi connectivity index (χ0v) is 14.0. The second-order valence-corrected chi connectivity index (χ2v) is 5.35. The van der Waals surface area contributed by atoms with Crippen molar-refractivity contribution in [2.24, 2.45) is 0 Å². The monoisotopic (exact) mass is 351 g/mol. The highest BCUT2D eigenvalue weighted by atomic mass is 35.5. The molecule has 0 saturated heterocycles. The third-order valence-corrected chi connectivity index (χ3v) is 3.59. The number of halogens is 1. The predicted molar refractivity (Wildman–Crippen MR) is 87.7 cm³/mol. The molecule has 0 saturated carbocycles. The molecule has 0 fully saturated rings. The molecule has 1 aromatic carbocycles. The van der Waals surface area contributed by atoms with Gasteiger partial charge >= 0.3 is 5.97 Å². The lowest BCUT2D eigenvalue weighted by atomic mass is 10.3. The lowest BCUT2D eigenvalue weighted by molar-refractivity contribution is -0.142. The number of benzene rings is 1. The van der Waals surface area contributed by atoms with Crippen LogP contribution in [0.1, 0.15) is 12.2 Å². The third kappa shape index (κ3) is 5.31. The standard InChI is InChI=1S/C17H18ClNO5/c1-22-17(21)8-9-19(11-13-5-4-10-23-13)16(20)12-24-15-7-3-2-6-14(15)18/h2-7,10H,8-9,11-12H2,1H3. The van der Waals surface area contributed by atoms with Crippen LogP contribution < -0.4 is 4.74 Å². The van der Waals surface area contributed by atoms with Crippen molar-refractivity contribution < 1.29 is 23.5 Å². The Kier molecular flexibility index (Phi) is 6.69. The van der Waals surface area contributed by atoms with Crippen LogP contribution >= 0.6 is 11.6 Å². The molecule has 0 aliphatic carbocycles. The molecule has 1 amide bonds. The maximum atomic E-state index is 12.4. The molecule has 24 heavy (non-hydrogen) atoms. The summed E-state index contributed by atoms with van der Waals surface area (Å²) >= 11 is 6.00. The summed E-state index contributed by atoms with van der Waals surface area (Å²) < 4.78 is 15.3. The minimum absolute atomic E-state index is 0.0923. The summed E-state index contributed by atoms with van der Waals surface area (Å²) in [5.41, 5.74) is 0. The minimum atomic E-state index is -0.390. The van der Waals surface area contributed by atoms with E-state index in [1.54, 1.807) is 36.4 Å². The number of furan rings is 1. The van der Waals surface area contributed by atoms with Crippen molar-refractivity contribution >= 4 is 23.5 Å². The van der Waals surface area contributed by atoms with Crippen molar-refractivity contribution in [2.75, 3.05) is 20.3 Å². The van der Waals surface area contributed by atoms with Crippen molar-refractivity contribution in [2.45, 2.75) is 13.0 Å². The quantitative estimate of drug-likeness (QED) is 0.684. The first kappa shape index (κ1) is 17.9. The minimum Gasteiger partial charge on any atom is -0.482 e. The van der Waals surface area contributed by atoms with Gasteiger partial charge in [0.1, 0.15) is 11.5 Å².